The maximum Gasteiger partial charge on any atom is 0.235 e. The van der Waals surface area contributed by atoms with Gasteiger partial charge >= 0.3 is 0 Å². The Morgan fingerprint density at radius 3 is 2.86 bits per heavy atom. The molecule has 1 aliphatic rings. The van der Waals surface area contributed by atoms with Crippen molar-refractivity contribution in [2.24, 2.45) is 0 Å². The van der Waals surface area contributed by atoms with Crippen molar-refractivity contribution in [1.29, 1.82) is 0 Å². The summed E-state index contributed by atoms with van der Waals surface area (Å²) >= 11 is 3.17. The first kappa shape index (κ1) is 15.7. The zero-order valence-electron chi connectivity index (χ0n) is 12.9. The number of nitrogens with zero attached hydrogens (tertiary/aromatic N) is 4. The van der Waals surface area contributed by atoms with E-state index in [9.17, 15) is 4.79 Å². The molecule has 2 aromatic rings. The van der Waals surface area contributed by atoms with E-state index in [1.54, 1.807) is 29.4 Å². The van der Waals surface area contributed by atoms with Crippen molar-refractivity contribution in [2.75, 3.05) is 32.7 Å². The number of carbonyl (C=O) groups is 1. The quantitative estimate of drug-likeness (QED) is 0.633. The second-order valence-corrected chi connectivity index (χ2v) is 7.58. The van der Waals surface area contributed by atoms with Crippen LogP contribution in [0.3, 0.4) is 0 Å². The van der Waals surface area contributed by atoms with Crippen molar-refractivity contribution in [3.8, 4) is 0 Å². The van der Waals surface area contributed by atoms with Crippen molar-refractivity contribution in [3.63, 3.8) is 0 Å². The summed E-state index contributed by atoms with van der Waals surface area (Å²) in [6.07, 6.45) is 1.58. The third kappa shape index (κ3) is 3.26. The first-order valence-electron chi connectivity index (χ1n) is 7.55. The fourth-order valence-corrected chi connectivity index (χ4v) is 4.53. The molecule has 2 aromatic heterocycles. The fraction of sp³-hybridized carbons (Fsp3) is 0.533. The highest BCUT2D eigenvalue weighted by Crippen LogP contribution is 2.31. The number of likely N-dealkylation sites (N-methyl/N-ethyl adjacent to an activating group) is 1. The van der Waals surface area contributed by atoms with Crippen LogP contribution < -0.4 is 0 Å². The van der Waals surface area contributed by atoms with Crippen molar-refractivity contribution < 1.29 is 4.79 Å². The van der Waals surface area contributed by atoms with Gasteiger partial charge in [0.2, 0.25) is 5.91 Å². The zero-order valence-corrected chi connectivity index (χ0v) is 14.5. The van der Waals surface area contributed by atoms with Gasteiger partial charge in [0.05, 0.1) is 15.5 Å². The Hall–Kier alpha value is -1.18. The second-order valence-electron chi connectivity index (χ2n) is 5.33. The molecule has 22 heavy (non-hydrogen) atoms. The molecule has 7 heteroatoms. The van der Waals surface area contributed by atoms with Gasteiger partial charge < -0.3 is 9.80 Å². The number of hydrogen-bond acceptors (Lipinski definition) is 6. The molecule has 0 spiro atoms. The summed E-state index contributed by atoms with van der Waals surface area (Å²) in [7, 11) is 0. The molecular weight excluding hydrogens is 316 g/mol. The Labute approximate surface area is 138 Å². The van der Waals surface area contributed by atoms with Crippen molar-refractivity contribution in [3.05, 3.63) is 17.8 Å². The molecule has 1 atom stereocenters. The zero-order chi connectivity index (χ0) is 15.5. The van der Waals surface area contributed by atoms with Crippen LogP contribution >= 0.6 is 23.1 Å². The standard InChI is InChI=1S/C15H20N4OS2/c1-3-18-5-7-19(8-6-18)15(20)11(2)22-14-13-12(4-9-21-13)16-10-17-14/h4,9-11H,3,5-8H2,1-2H3/t11-/m0/s1. The number of carbonyl (C=O) groups excluding carboxylic acids is 1. The monoisotopic (exact) mass is 336 g/mol. The van der Waals surface area contributed by atoms with E-state index in [0.29, 0.717) is 0 Å². The highest BCUT2D eigenvalue weighted by atomic mass is 32.2. The largest absolute Gasteiger partial charge is 0.339 e. The minimum atomic E-state index is -0.117. The Kier molecular flexibility index (Phi) is 4.95. The van der Waals surface area contributed by atoms with Crippen LogP contribution in [0.25, 0.3) is 10.2 Å². The summed E-state index contributed by atoms with van der Waals surface area (Å²) in [5.41, 5.74) is 0.957. The highest BCUT2D eigenvalue weighted by Gasteiger charge is 2.25. The number of hydrogen-bond donors (Lipinski definition) is 0. The molecule has 0 saturated carbocycles. The fourth-order valence-electron chi connectivity index (χ4n) is 2.61. The number of thiophene rings is 1. The van der Waals surface area contributed by atoms with Crippen LogP contribution in [0.15, 0.2) is 22.8 Å². The smallest absolute Gasteiger partial charge is 0.235 e. The van der Waals surface area contributed by atoms with Gasteiger partial charge in [-0.05, 0) is 24.9 Å². The lowest BCUT2D eigenvalue weighted by Crippen LogP contribution is -2.50. The van der Waals surface area contributed by atoms with E-state index in [1.807, 2.05) is 23.3 Å². The number of aromatic nitrogens is 2. The van der Waals surface area contributed by atoms with E-state index < -0.39 is 0 Å². The molecule has 1 fully saturated rings. The Morgan fingerprint density at radius 1 is 1.36 bits per heavy atom. The van der Waals surface area contributed by atoms with Gasteiger partial charge in [-0.25, -0.2) is 9.97 Å². The van der Waals surface area contributed by atoms with Gasteiger partial charge in [0.25, 0.3) is 0 Å². The molecule has 1 aliphatic heterocycles. The van der Waals surface area contributed by atoms with Gasteiger partial charge in [0, 0.05) is 26.2 Å². The average molecular weight is 336 g/mol. The van der Waals surface area contributed by atoms with E-state index in [-0.39, 0.29) is 11.2 Å². The van der Waals surface area contributed by atoms with Crippen LogP contribution in [0.4, 0.5) is 0 Å². The minimum absolute atomic E-state index is 0.117. The van der Waals surface area contributed by atoms with Gasteiger partial charge in [0.15, 0.2) is 0 Å². The van der Waals surface area contributed by atoms with Crippen LogP contribution in [-0.2, 0) is 4.79 Å². The van der Waals surface area contributed by atoms with E-state index in [4.69, 9.17) is 0 Å². The lowest BCUT2D eigenvalue weighted by atomic mass is 10.3. The van der Waals surface area contributed by atoms with Crippen LogP contribution in [0.5, 0.6) is 0 Å². The molecule has 3 heterocycles. The predicted molar refractivity (Wildman–Crippen MR) is 91.4 cm³/mol. The number of piperazine rings is 1. The van der Waals surface area contributed by atoms with Gasteiger partial charge in [-0.1, -0.05) is 18.7 Å². The Bertz CT molecular complexity index is 652. The van der Waals surface area contributed by atoms with Crippen LogP contribution in [0.2, 0.25) is 0 Å². The SMILES string of the molecule is CCN1CCN(C(=O)[C@H](C)Sc2ncnc3ccsc23)CC1. The Balaban J connectivity index is 1.65. The lowest BCUT2D eigenvalue weighted by molar-refractivity contribution is -0.132. The van der Waals surface area contributed by atoms with E-state index in [1.165, 1.54) is 0 Å². The van der Waals surface area contributed by atoms with Gasteiger partial charge in [-0.3, -0.25) is 4.79 Å². The normalized spacial score (nSPS) is 17.8. The molecular formula is C15H20N4OS2. The lowest BCUT2D eigenvalue weighted by Gasteiger charge is -2.35. The molecule has 0 bridgehead atoms. The molecule has 0 unspecified atom stereocenters. The van der Waals surface area contributed by atoms with E-state index in [2.05, 4.69) is 21.8 Å². The molecule has 0 aliphatic carbocycles. The van der Waals surface area contributed by atoms with Crippen LogP contribution in [0.1, 0.15) is 13.8 Å². The minimum Gasteiger partial charge on any atom is -0.339 e. The summed E-state index contributed by atoms with van der Waals surface area (Å²) in [6.45, 7) is 8.80. The van der Waals surface area contributed by atoms with Crippen LogP contribution in [-0.4, -0.2) is 63.6 Å². The van der Waals surface area contributed by atoms with Gasteiger partial charge in [-0.2, -0.15) is 0 Å². The van der Waals surface area contributed by atoms with Crippen molar-refractivity contribution >= 4 is 39.2 Å². The average Bonchev–Trinajstić information content (AvgIpc) is 3.04. The molecule has 0 radical (unpaired) electrons. The number of rotatable bonds is 4. The molecule has 1 amide bonds. The first-order chi connectivity index (χ1) is 10.7. The topological polar surface area (TPSA) is 49.3 Å². The van der Waals surface area contributed by atoms with Gasteiger partial charge in [-0.15, -0.1) is 11.3 Å². The summed E-state index contributed by atoms with van der Waals surface area (Å²) in [6, 6.07) is 1.99. The molecule has 0 N–H and O–H groups in total. The van der Waals surface area contributed by atoms with Gasteiger partial charge in [0.1, 0.15) is 11.4 Å². The maximum absolute atomic E-state index is 12.6. The van der Waals surface area contributed by atoms with E-state index in [0.717, 1.165) is 48.0 Å². The summed E-state index contributed by atoms with van der Waals surface area (Å²) in [4.78, 5) is 25.6. The molecule has 118 valence electrons. The maximum atomic E-state index is 12.6. The molecule has 0 aromatic carbocycles. The molecule has 1 saturated heterocycles. The number of fused-ring (bicyclic) bond motifs is 1. The number of thioether (sulfide) groups is 1. The number of amides is 1. The van der Waals surface area contributed by atoms with E-state index >= 15 is 0 Å². The third-order valence-corrected chi connectivity index (χ3v) is 6.11. The third-order valence-electron chi connectivity index (χ3n) is 3.98. The molecule has 5 nitrogen and oxygen atoms in total. The highest BCUT2D eigenvalue weighted by molar-refractivity contribution is 8.00. The first-order valence-corrected chi connectivity index (χ1v) is 9.31. The summed E-state index contributed by atoms with van der Waals surface area (Å²) < 4.78 is 1.07. The predicted octanol–water partition coefficient (Wildman–Crippen LogP) is 2.34. The molecule has 3 rings (SSSR count). The van der Waals surface area contributed by atoms with Crippen LogP contribution in [0, 0.1) is 0 Å². The summed E-state index contributed by atoms with van der Waals surface area (Å²) in [5.74, 6) is 0.212. The van der Waals surface area contributed by atoms with Crippen molar-refractivity contribution in [1.82, 2.24) is 19.8 Å². The van der Waals surface area contributed by atoms with Crippen molar-refractivity contribution in [2.45, 2.75) is 24.1 Å². The Morgan fingerprint density at radius 2 is 2.14 bits per heavy atom. The summed E-state index contributed by atoms with van der Waals surface area (Å²) in [5, 5.41) is 2.81. The second kappa shape index (κ2) is 6.93.